The van der Waals surface area contributed by atoms with Crippen molar-refractivity contribution in [2.24, 2.45) is 4.99 Å². The van der Waals surface area contributed by atoms with Crippen LogP contribution in [0.3, 0.4) is 0 Å². The van der Waals surface area contributed by atoms with Gasteiger partial charge in [-0.25, -0.2) is 10.4 Å². The number of fused-ring (bicyclic) bond motifs is 1. The Morgan fingerprint density at radius 1 is 1.29 bits per heavy atom. The number of aryl methyl sites for hydroxylation is 1. The van der Waals surface area contributed by atoms with Gasteiger partial charge in [-0.2, -0.15) is 0 Å². The average Bonchev–Trinajstić information content (AvgIpc) is 3.05. The highest BCUT2D eigenvalue weighted by molar-refractivity contribution is 6.36. The number of hydrogen-bond acceptors (Lipinski definition) is 7. The van der Waals surface area contributed by atoms with E-state index in [0.717, 1.165) is 28.2 Å². The molecular formula is C20H20ClN7. The fraction of sp³-hybridized carbons (Fsp3) is 0.150. The van der Waals surface area contributed by atoms with Gasteiger partial charge in [-0.1, -0.05) is 29.8 Å². The molecular weight excluding hydrogens is 374 g/mol. The molecule has 2 aromatic carbocycles. The van der Waals surface area contributed by atoms with Crippen LogP contribution in [0, 0.1) is 12.3 Å². The number of pyridine rings is 1. The maximum Gasteiger partial charge on any atom is 0.215 e. The minimum Gasteiger partial charge on any atom is -0.398 e. The largest absolute Gasteiger partial charge is 0.398 e. The zero-order chi connectivity index (χ0) is 19.8. The standard InChI is InChI=1S/C20H20ClN7/c1-11-5-6-13(12-4-3-9-24-18(11)12)19-26-20(28(2)27-19)25-16-8-7-15(23)14(10-22)17(16)21/h3-10,19,22,27H,23H2,1-2H3,(H,25,26). The lowest BCUT2D eigenvalue weighted by atomic mass is 10.0. The van der Waals surface area contributed by atoms with E-state index in [9.17, 15) is 0 Å². The number of anilines is 2. The summed E-state index contributed by atoms with van der Waals surface area (Å²) in [5, 5.41) is 14.0. The van der Waals surface area contributed by atoms with Crippen LogP contribution in [-0.4, -0.2) is 29.2 Å². The van der Waals surface area contributed by atoms with Gasteiger partial charge in [0.2, 0.25) is 5.96 Å². The van der Waals surface area contributed by atoms with Crippen LogP contribution in [0.2, 0.25) is 5.02 Å². The molecule has 3 aromatic rings. The molecule has 0 saturated heterocycles. The summed E-state index contributed by atoms with van der Waals surface area (Å²) in [4.78, 5) is 9.28. The van der Waals surface area contributed by atoms with E-state index in [2.05, 4.69) is 33.9 Å². The van der Waals surface area contributed by atoms with E-state index in [1.54, 1.807) is 18.3 Å². The molecule has 1 aliphatic heterocycles. The number of halogens is 1. The summed E-state index contributed by atoms with van der Waals surface area (Å²) in [6.07, 6.45) is 2.69. The van der Waals surface area contributed by atoms with Crippen LogP contribution in [0.25, 0.3) is 10.9 Å². The molecule has 142 valence electrons. The minimum atomic E-state index is -0.255. The van der Waals surface area contributed by atoms with Crippen LogP contribution in [0.4, 0.5) is 11.4 Å². The van der Waals surface area contributed by atoms with Gasteiger partial charge in [0.25, 0.3) is 0 Å². The van der Waals surface area contributed by atoms with Crippen molar-refractivity contribution < 1.29 is 0 Å². The highest BCUT2D eigenvalue weighted by atomic mass is 35.5. The Labute approximate surface area is 167 Å². The number of aliphatic imine (C=N–C) groups is 1. The number of benzene rings is 2. The SMILES string of the molecule is Cc1ccc(C2N=C(Nc3ccc(N)c(C=N)c3Cl)N(C)N2)c2cccnc12. The molecule has 0 bridgehead atoms. The highest BCUT2D eigenvalue weighted by Gasteiger charge is 2.25. The topological polar surface area (TPSA) is 102 Å². The number of nitrogens with one attached hydrogen (secondary N) is 3. The van der Waals surface area contributed by atoms with Crippen molar-refractivity contribution in [3.8, 4) is 0 Å². The zero-order valence-corrected chi connectivity index (χ0v) is 16.2. The molecule has 1 aliphatic rings. The van der Waals surface area contributed by atoms with Crippen molar-refractivity contribution >= 4 is 46.1 Å². The molecule has 1 aromatic heterocycles. The van der Waals surface area contributed by atoms with E-state index in [4.69, 9.17) is 27.7 Å². The number of guanidine groups is 1. The van der Waals surface area contributed by atoms with Crippen LogP contribution in [0.5, 0.6) is 0 Å². The molecule has 0 radical (unpaired) electrons. The van der Waals surface area contributed by atoms with Crippen LogP contribution >= 0.6 is 11.6 Å². The second-order valence-corrected chi connectivity index (χ2v) is 6.99. The first-order valence-electron chi connectivity index (χ1n) is 8.77. The van der Waals surface area contributed by atoms with E-state index in [1.165, 1.54) is 0 Å². The van der Waals surface area contributed by atoms with Crippen LogP contribution in [-0.2, 0) is 0 Å². The first-order chi connectivity index (χ1) is 13.5. The van der Waals surface area contributed by atoms with Crippen molar-refractivity contribution in [3.63, 3.8) is 0 Å². The third-order valence-electron chi connectivity index (χ3n) is 4.79. The van der Waals surface area contributed by atoms with Gasteiger partial charge in [-0.05, 0) is 30.7 Å². The number of aromatic nitrogens is 1. The van der Waals surface area contributed by atoms with Crippen LogP contribution in [0.15, 0.2) is 47.6 Å². The third-order valence-corrected chi connectivity index (χ3v) is 5.20. The summed E-state index contributed by atoms with van der Waals surface area (Å²) in [6.45, 7) is 2.05. The molecule has 1 unspecified atom stereocenters. The van der Waals surface area contributed by atoms with Gasteiger partial charge < -0.3 is 16.5 Å². The summed E-state index contributed by atoms with van der Waals surface area (Å²) in [5.41, 5.74) is 13.9. The average molecular weight is 394 g/mol. The lowest BCUT2D eigenvalue weighted by molar-refractivity contribution is 0.354. The number of nitrogens with zero attached hydrogens (tertiary/aromatic N) is 3. The summed E-state index contributed by atoms with van der Waals surface area (Å²) in [6, 6.07) is 11.6. The van der Waals surface area contributed by atoms with Gasteiger partial charge in [0.1, 0.15) is 6.17 Å². The predicted molar refractivity (Wildman–Crippen MR) is 115 cm³/mol. The second kappa shape index (κ2) is 7.10. The summed E-state index contributed by atoms with van der Waals surface area (Å²) in [5.74, 6) is 0.616. The summed E-state index contributed by atoms with van der Waals surface area (Å²) < 4.78 is 0. The maximum atomic E-state index is 7.51. The number of nitrogen functional groups attached to an aromatic ring is 1. The van der Waals surface area contributed by atoms with E-state index in [1.807, 2.05) is 25.0 Å². The van der Waals surface area contributed by atoms with Gasteiger partial charge in [-0.3, -0.25) is 9.99 Å². The lowest BCUT2D eigenvalue weighted by Gasteiger charge is -2.18. The highest BCUT2D eigenvalue weighted by Crippen LogP contribution is 2.32. The van der Waals surface area contributed by atoms with Crippen molar-refractivity contribution in [2.45, 2.75) is 13.1 Å². The second-order valence-electron chi connectivity index (χ2n) is 6.61. The molecule has 8 heteroatoms. The van der Waals surface area contributed by atoms with Gasteiger partial charge >= 0.3 is 0 Å². The lowest BCUT2D eigenvalue weighted by Crippen LogP contribution is -2.37. The Bertz CT molecular complexity index is 1110. The molecule has 0 fully saturated rings. The van der Waals surface area contributed by atoms with E-state index < -0.39 is 0 Å². The maximum absolute atomic E-state index is 7.51. The molecule has 0 saturated carbocycles. The Balaban J connectivity index is 1.70. The number of nitrogens with two attached hydrogens (primary N) is 1. The van der Waals surface area contributed by atoms with Gasteiger partial charge in [0, 0.05) is 41.7 Å². The van der Waals surface area contributed by atoms with Crippen molar-refractivity contribution in [3.05, 3.63) is 64.3 Å². The molecule has 0 amide bonds. The molecule has 5 N–H and O–H groups in total. The number of hydrazine groups is 1. The van der Waals surface area contributed by atoms with Gasteiger partial charge in [0.15, 0.2) is 0 Å². The Morgan fingerprint density at radius 3 is 2.89 bits per heavy atom. The summed E-state index contributed by atoms with van der Waals surface area (Å²) >= 11 is 6.39. The smallest absolute Gasteiger partial charge is 0.215 e. The third kappa shape index (κ3) is 3.04. The molecule has 4 rings (SSSR count). The van der Waals surface area contributed by atoms with Gasteiger partial charge in [-0.15, -0.1) is 0 Å². The van der Waals surface area contributed by atoms with E-state index in [-0.39, 0.29) is 6.17 Å². The van der Waals surface area contributed by atoms with E-state index in [0.29, 0.717) is 27.9 Å². The normalized spacial score (nSPS) is 16.3. The number of rotatable bonds is 3. The van der Waals surface area contributed by atoms with Crippen LogP contribution < -0.4 is 16.5 Å². The van der Waals surface area contributed by atoms with Crippen molar-refractivity contribution in [1.29, 1.82) is 5.41 Å². The number of hydrogen-bond donors (Lipinski definition) is 4. The molecule has 7 nitrogen and oxygen atoms in total. The first-order valence-corrected chi connectivity index (χ1v) is 9.15. The Kier molecular flexibility index (Phi) is 4.62. The van der Waals surface area contributed by atoms with E-state index >= 15 is 0 Å². The molecule has 0 spiro atoms. The van der Waals surface area contributed by atoms with Crippen molar-refractivity contribution in [1.82, 2.24) is 15.4 Å². The predicted octanol–water partition coefficient (Wildman–Crippen LogP) is 3.69. The molecule has 28 heavy (non-hydrogen) atoms. The Hall–Kier alpha value is -3.16. The first kappa shape index (κ1) is 18.2. The monoisotopic (exact) mass is 393 g/mol. The quantitative estimate of drug-likeness (QED) is 0.401. The fourth-order valence-corrected chi connectivity index (χ4v) is 3.56. The minimum absolute atomic E-state index is 0.255. The summed E-state index contributed by atoms with van der Waals surface area (Å²) in [7, 11) is 1.88. The van der Waals surface area contributed by atoms with Crippen molar-refractivity contribution in [2.75, 3.05) is 18.1 Å². The van der Waals surface area contributed by atoms with Crippen LogP contribution in [0.1, 0.15) is 22.9 Å². The molecule has 1 atom stereocenters. The Morgan fingerprint density at radius 2 is 2.11 bits per heavy atom. The zero-order valence-electron chi connectivity index (χ0n) is 15.5. The van der Waals surface area contributed by atoms with Gasteiger partial charge in [0.05, 0.1) is 16.2 Å². The fourth-order valence-electron chi connectivity index (χ4n) is 3.28. The molecule has 2 heterocycles. The molecule has 0 aliphatic carbocycles.